The Balaban J connectivity index is 1.76. The molecule has 2 aromatic heterocycles. The molecule has 112 valence electrons. The first kappa shape index (κ1) is 14.8. The lowest BCUT2D eigenvalue weighted by atomic mass is 10.2. The van der Waals surface area contributed by atoms with Crippen molar-refractivity contribution in [3.63, 3.8) is 0 Å². The second kappa shape index (κ2) is 6.73. The summed E-state index contributed by atoms with van der Waals surface area (Å²) in [5.74, 6) is 1.01. The number of hydrogen-bond acceptors (Lipinski definition) is 5. The minimum Gasteiger partial charge on any atom is -0.493 e. The van der Waals surface area contributed by atoms with Gasteiger partial charge in [-0.3, -0.25) is 0 Å². The van der Waals surface area contributed by atoms with Crippen LogP contribution in [-0.2, 0) is 0 Å². The number of nitrogens with one attached hydrogen (secondary N) is 1. The molecule has 0 radical (unpaired) electrons. The molecule has 2 heterocycles. The number of benzene rings is 1. The van der Waals surface area contributed by atoms with E-state index in [1.54, 1.807) is 22.7 Å². The normalized spacial score (nSPS) is 11.5. The van der Waals surface area contributed by atoms with Gasteiger partial charge in [-0.1, -0.05) is 6.92 Å². The number of nitrogens with zero attached hydrogens (tertiary/aromatic N) is 1. The number of fused-ring (bicyclic) bond motifs is 3. The highest BCUT2D eigenvalue weighted by atomic mass is 32.1. The number of unbranched alkanes of at least 4 members (excludes halogenated alkanes) is 1. The van der Waals surface area contributed by atoms with E-state index in [1.807, 2.05) is 0 Å². The van der Waals surface area contributed by atoms with Crippen LogP contribution >= 0.6 is 22.7 Å². The molecule has 0 aliphatic rings. The van der Waals surface area contributed by atoms with Crippen LogP contribution in [0.4, 0.5) is 0 Å². The Morgan fingerprint density at radius 1 is 1.33 bits per heavy atom. The van der Waals surface area contributed by atoms with E-state index in [4.69, 9.17) is 4.74 Å². The summed E-state index contributed by atoms with van der Waals surface area (Å²) in [6, 6.07) is 4.29. The van der Waals surface area contributed by atoms with E-state index in [1.165, 1.54) is 14.8 Å². The maximum absolute atomic E-state index is 6.03. The summed E-state index contributed by atoms with van der Waals surface area (Å²) in [5, 5.41) is 7.77. The van der Waals surface area contributed by atoms with Crippen LogP contribution in [0.25, 0.3) is 20.3 Å². The van der Waals surface area contributed by atoms with Crippen molar-refractivity contribution in [2.75, 3.05) is 19.7 Å². The lowest BCUT2D eigenvalue weighted by molar-refractivity contribution is 0.310. The van der Waals surface area contributed by atoms with E-state index >= 15 is 0 Å². The molecular weight excluding hydrogens is 300 g/mol. The summed E-state index contributed by atoms with van der Waals surface area (Å²) in [6.45, 7) is 7.08. The van der Waals surface area contributed by atoms with E-state index < -0.39 is 0 Å². The topological polar surface area (TPSA) is 34.1 Å². The van der Waals surface area contributed by atoms with Gasteiger partial charge in [-0.05, 0) is 44.3 Å². The smallest absolute Gasteiger partial charge is 0.129 e. The largest absolute Gasteiger partial charge is 0.493 e. The number of ether oxygens (including phenoxy) is 1. The Labute approximate surface area is 133 Å². The van der Waals surface area contributed by atoms with Crippen LogP contribution in [0.5, 0.6) is 5.75 Å². The second-order valence-electron chi connectivity index (χ2n) is 5.03. The number of aryl methyl sites for hydroxylation is 1. The van der Waals surface area contributed by atoms with Crippen LogP contribution in [-0.4, -0.2) is 24.7 Å². The van der Waals surface area contributed by atoms with Gasteiger partial charge in [0, 0.05) is 11.5 Å². The first-order valence-electron chi connectivity index (χ1n) is 7.40. The van der Waals surface area contributed by atoms with Gasteiger partial charge in [-0.2, -0.15) is 0 Å². The molecule has 5 heteroatoms. The highest BCUT2D eigenvalue weighted by Crippen LogP contribution is 2.38. The summed E-state index contributed by atoms with van der Waals surface area (Å²) in [6.07, 6.45) is 2.24. The predicted molar refractivity (Wildman–Crippen MR) is 93.0 cm³/mol. The third kappa shape index (κ3) is 3.20. The Kier molecular flexibility index (Phi) is 4.73. The summed E-state index contributed by atoms with van der Waals surface area (Å²) < 4.78 is 8.51. The van der Waals surface area contributed by atoms with Gasteiger partial charge in [0.05, 0.1) is 26.5 Å². The van der Waals surface area contributed by atoms with E-state index in [0.29, 0.717) is 0 Å². The summed E-state index contributed by atoms with van der Waals surface area (Å²) in [4.78, 5) is 4.65. The van der Waals surface area contributed by atoms with Gasteiger partial charge < -0.3 is 10.1 Å². The number of thiophene rings is 1. The van der Waals surface area contributed by atoms with Crippen molar-refractivity contribution in [1.82, 2.24) is 10.3 Å². The number of aromatic nitrogens is 1. The zero-order valence-electron chi connectivity index (χ0n) is 12.4. The highest BCUT2D eigenvalue weighted by molar-refractivity contribution is 7.21. The molecule has 0 aliphatic heterocycles. The molecular formula is C16H20N2OS2. The third-order valence-corrected chi connectivity index (χ3v) is 5.26. The zero-order chi connectivity index (χ0) is 14.7. The lowest BCUT2D eigenvalue weighted by Gasteiger charge is -2.08. The van der Waals surface area contributed by atoms with Crippen LogP contribution in [0, 0.1) is 6.92 Å². The average molecular weight is 320 g/mol. The van der Waals surface area contributed by atoms with Crippen LogP contribution in [0.3, 0.4) is 0 Å². The van der Waals surface area contributed by atoms with Crippen molar-refractivity contribution in [2.45, 2.75) is 26.7 Å². The quantitative estimate of drug-likeness (QED) is 0.647. The SMILES string of the molecule is CCNCCCCOc1cc2sc(C)nc2c2sccc12. The molecule has 0 fully saturated rings. The summed E-state index contributed by atoms with van der Waals surface area (Å²) >= 11 is 3.49. The van der Waals surface area contributed by atoms with Gasteiger partial charge >= 0.3 is 0 Å². The minimum absolute atomic E-state index is 0.777. The standard InChI is InChI=1S/C16H20N2OS2/c1-3-17-7-4-5-8-19-13-10-14-15(18-11(2)21-14)16-12(13)6-9-20-16/h6,9-10,17H,3-5,7-8H2,1-2H3. The van der Waals surface area contributed by atoms with Crippen molar-refractivity contribution >= 4 is 43.0 Å². The van der Waals surface area contributed by atoms with Gasteiger partial charge in [0.15, 0.2) is 0 Å². The van der Waals surface area contributed by atoms with Crippen molar-refractivity contribution in [1.29, 1.82) is 0 Å². The Morgan fingerprint density at radius 2 is 2.24 bits per heavy atom. The monoisotopic (exact) mass is 320 g/mol. The predicted octanol–water partition coefficient (Wildman–Crippen LogP) is 4.59. The van der Waals surface area contributed by atoms with Crippen molar-refractivity contribution in [3.8, 4) is 5.75 Å². The third-order valence-electron chi connectivity index (χ3n) is 3.42. The molecule has 0 amide bonds. The molecule has 0 atom stereocenters. The van der Waals surface area contributed by atoms with Crippen molar-refractivity contribution in [2.24, 2.45) is 0 Å². The molecule has 0 bridgehead atoms. The number of thiazole rings is 1. The van der Waals surface area contributed by atoms with E-state index in [-0.39, 0.29) is 0 Å². The van der Waals surface area contributed by atoms with Gasteiger partial charge in [-0.15, -0.1) is 22.7 Å². The molecule has 0 saturated heterocycles. The number of hydrogen-bond donors (Lipinski definition) is 1. The van der Waals surface area contributed by atoms with Gasteiger partial charge in [0.1, 0.15) is 5.75 Å². The average Bonchev–Trinajstić information content (AvgIpc) is 3.07. The molecule has 1 aromatic carbocycles. The van der Waals surface area contributed by atoms with Crippen LogP contribution in [0.1, 0.15) is 24.8 Å². The fraction of sp³-hybridized carbons (Fsp3) is 0.438. The van der Waals surface area contributed by atoms with Crippen LogP contribution in [0.15, 0.2) is 17.5 Å². The minimum atomic E-state index is 0.777. The molecule has 3 rings (SSSR count). The van der Waals surface area contributed by atoms with Gasteiger partial charge in [0.2, 0.25) is 0 Å². The Bertz CT molecular complexity index is 732. The number of rotatable bonds is 7. The molecule has 21 heavy (non-hydrogen) atoms. The molecule has 0 saturated carbocycles. The first-order chi connectivity index (χ1) is 10.3. The first-order valence-corrected chi connectivity index (χ1v) is 9.10. The molecule has 3 nitrogen and oxygen atoms in total. The molecule has 0 aliphatic carbocycles. The molecule has 0 unspecified atom stereocenters. The van der Waals surface area contributed by atoms with Gasteiger partial charge in [-0.25, -0.2) is 4.98 Å². The summed E-state index contributed by atoms with van der Waals surface area (Å²) in [7, 11) is 0. The lowest BCUT2D eigenvalue weighted by Crippen LogP contribution is -2.14. The van der Waals surface area contributed by atoms with Crippen LogP contribution in [0.2, 0.25) is 0 Å². The fourth-order valence-electron chi connectivity index (χ4n) is 2.42. The van der Waals surface area contributed by atoms with E-state index in [0.717, 1.165) is 48.8 Å². The highest BCUT2D eigenvalue weighted by Gasteiger charge is 2.12. The van der Waals surface area contributed by atoms with Crippen molar-refractivity contribution in [3.05, 3.63) is 22.5 Å². The summed E-state index contributed by atoms with van der Waals surface area (Å²) in [5.41, 5.74) is 1.13. The molecule has 1 N–H and O–H groups in total. The van der Waals surface area contributed by atoms with E-state index in [9.17, 15) is 0 Å². The molecule has 0 spiro atoms. The maximum atomic E-state index is 6.03. The van der Waals surface area contributed by atoms with Gasteiger partial charge in [0.25, 0.3) is 0 Å². The zero-order valence-corrected chi connectivity index (χ0v) is 14.1. The van der Waals surface area contributed by atoms with Crippen molar-refractivity contribution < 1.29 is 4.74 Å². The Hall–Kier alpha value is -1.17. The molecule has 3 aromatic rings. The van der Waals surface area contributed by atoms with E-state index in [2.05, 4.69) is 41.7 Å². The second-order valence-corrected chi connectivity index (χ2v) is 7.18. The fourth-order valence-corrected chi connectivity index (χ4v) is 4.25. The Morgan fingerprint density at radius 3 is 3.10 bits per heavy atom. The van der Waals surface area contributed by atoms with Crippen LogP contribution < -0.4 is 10.1 Å². The maximum Gasteiger partial charge on any atom is 0.129 e.